The van der Waals surface area contributed by atoms with Crippen molar-refractivity contribution >= 4 is 5.91 Å². The second-order valence-corrected chi connectivity index (χ2v) is 5.36. The van der Waals surface area contributed by atoms with Crippen molar-refractivity contribution in [3.8, 4) is 0 Å². The standard InChI is InChI=1S/C12H20N2O2/c13-8-6-9-3-4-10(7-8)14(9)12(15)11-2-1-5-16-11/h8-11H,1-7,13H2/t8?,9?,10?,11-/m1/s1. The summed E-state index contributed by atoms with van der Waals surface area (Å²) in [6.45, 7) is 0.749. The second kappa shape index (κ2) is 4.00. The summed E-state index contributed by atoms with van der Waals surface area (Å²) in [7, 11) is 0. The van der Waals surface area contributed by atoms with Gasteiger partial charge in [0.2, 0.25) is 0 Å². The topological polar surface area (TPSA) is 55.6 Å². The number of hydrogen-bond acceptors (Lipinski definition) is 3. The summed E-state index contributed by atoms with van der Waals surface area (Å²) < 4.78 is 5.50. The number of rotatable bonds is 1. The molecule has 3 aliphatic rings. The first kappa shape index (κ1) is 10.5. The fourth-order valence-electron chi connectivity index (χ4n) is 3.52. The number of piperidine rings is 1. The number of nitrogens with zero attached hydrogens (tertiary/aromatic N) is 1. The summed E-state index contributed by atoms with van der Waals surface area (Å²) in [6.07, 6.45) is 6.01. The van der Waals surface area contributed by atoms with Crippen molar-refractivity contribution in [3.63, 3.8) is 0 Å². The largest absolute Gasteiger partial charge is 0.368 e. The van der Waals surface area contributed by atoms with Crippen LogP contribution in [0.15, 0.2) is 0 Å². The van der Waals surface area contributed by atoms with Crippen LogP contribution in [0, 0.1) is 0 Å². The van der Waals surface area contributed by atoms with Gasteiger partial charge in [0, 0.05) is 24.7 Å². The van der Waals surface area contributed by atoms with Crippen molar-refractivity contribution in [2.24, 2.45) is 5.73 Å². The zero-order valence-electron chi connectivity index (χ0n) is 9.60. The second-order valence-electron chi connectivity index (χ2n) is 5.36. The molecule has 0 radical (unpaired) electrons. The molecule has 3 heterocycles. The molecule has 2 N–H and O–H groups in total. The minimum atomic E-state index is -0.155. The number of carbonyl (C=O) groups is 1. The Morgan fingerprint density at radius 1 is 1.19 bits per heavy atom. The van der Waals surface area contributed by atoms with E-state index in [2.05, 4.69) is 4.90 Å². The Kier molecular flexibility index (Phi) is 2.64. The van der Waals surface area contributed by atoms with Crippen molar-refractivity contribution in [1.82, 2.24) is 4.90 Å². The van der Waals surface area contributed by atoms with E-state index in [9.17, 15) is 4.79 Å². The predicted octanol–water partition coefficient (Wildman–Crippen LogP) is 0.646. The molecule has 3 aliphatic heterocycles. The SMILES string of the molecule is NC1CC2CCC(C1)N2C(=O)[C@H]1CCCO1. The van der Waals surface area contributed by atoms with Crippen LogP contribution >= 0.6 is 0 Å². The molecule has 0 saturated carbocycles. The maximum absolute atomic E-state index is 12.3. The summed E-state index contributed by atoms with van der Waals surface area (Å²) >= 11 is 0. The molecule has 3 fully saturated rings. The Morgan fingerprint density at radius 2 is 1.88 bits per heavy atom. The van der Waals surface area contributed by atoms with Crippen molar-refractivity contribution in [1.29, 1.82) is 0 Å². The van der Waals surface area contributed by atoms with Crippen LogP contribution in [0.1, 0.15) is 38.5 Å². The first-order chi connectivity index (χ1) is 7.75. The maximum Gasteiger partial charge on any atom is 0.252 e. The highest BCUT2D eigenvalue weighted by molar-refractivity contribution is 5.82. The van der Waals surface area contributed by atoms with Gasteiger partial charge >= 0.3 is 0 Å². The number of hydrogen-bond donors (Lipinski definition) is 1. The summed E-state index contributed by atoms with van der Waals surface area (Å²) in [4.78, 5) is 14.4. The molecule has 90 valence electrons. The fourth-order valence-corrected chi connectivity index (χ4v) is 3.52. The molecule has 0 aromatic heterocycles. The van der Waals surface area contributed by atoms with E-state index in [-0.39, 0.29) is 12.0 Å². The molecule has 2 bridgehead atoms. The van der Waals surface area contributed by atoms with Crippen molar-refractivity contribution in [3.05, 3.63) is 0 Å². The molecule has 16 heavy (non-hydrogen) atoms. The quantitative estimate of drug-likeness (QED) is 0.711. The van der Waals surface area contributed by atoms with E-state index >= 15 is 0 Å². The number of fused-ring (bicyclic) bond motifs is 2. The number of carbonyl (C=O) groups excluding carboxylic acids is 1. The van der Waals surface area contributed by atoms with Gasteiger partial charge in [0.25, 0.3) is 5.91 Å². The first-order valence-electron chi connectivity index (χ1n) is 6.45. The van der Waals surface area contributed by atoms with E-state index in [4.69, 9.17) is 10.5 Å². The molecule has 2 unspecified atom stereocenters. The molecule has 4 heteroatoms. The molecule has 0 spiro atoms. The average Bonchev–Trinajstić information content (AvgIpc) is 2.85. The van der Waals surface area contributed by atoms with Gasteiger partial charge < -0.3 is 15.4 Å². The van der Waals surface area contributed by atoms with Gasteiger partial charge in [0.05, 0.1) is 0 Å². The molecular formula is C12H20N2O2. The highest BCUT2D eigenvalue weighted by Crippen LogP contribution is 2.36. The van der Waals surface area contributed by atoms with Gasteiger partial charge in [-0.2, -0.15) is 0 Å². The van der Waals surface area contributed by atoms with Crippen molar-refractivity contribution in [2.75, 3.05) is 6.61 Å². The van der Waals surface area contributed by atoms with Crippen molar-refractivity contribution < 1.29 is 9.53 Å². The monoisotopic (exact) mass is 224 g/mol. The van der Waals surface area contributed by atoms with Gasteiger partial charge in [-0.15, -0.1) is 0 Å². The Labute approximate surface area is 96.1 Å². The summed E-state index contributed by atoms with van der Waals surface area (Å²) in [5.74, 6) is 0.233. The maximum atomic E-state index is 12.3. The molecule has 0 aliphatic carbocycles. The lowest BCUT2D eigenvalue weighted by atomic mass is 9.97. The van der Waals surface area contributed by atoms with Crippen LogP contribution < -0.4 is 5.73 Å². The Hall–Kier alpha value is -0.610. The van der Waals surface area contributed by atoms with Crippen LogP contribution in [-0.4, -0.2) is 41.6 Å². The molecule has 1 amide bonds. The van der Waals surface area contributed by atoms with E-state index in [1.807, 2.05) is 0 Å². The number of amides is 1. The third-order valence-corrected chi connectivity index (χ3v) is 4.23. The van der Waals surface area contributed by atoms with Gasteiger partial charge in [-0.25, -0.2) is 0 Å². The van der Waals surface area contributed by atoms with Crippen LogP contribution in [0.3, 0.4) is 0 Å². The van der Waals surface area contributed by atoms with E-state index < -0.39 is 0 Å². The van der Waals surface area contributed by atoms with Gasteiger partial charge in [-0.3, -0.25) is 4.79 Å². The van der Waals surface area contributed by atoms with Gasteiger partial charge in [0.15, 0.2) is 0 Å². The lowest BCUT2D eigenvalue weighted by Crippen LogP contribution is -2.53. The third-order valence-electron chi connectivity index (χ3n) is 4.23. The summed E-state index contributed by atoms with van der Waals surface area (Å²) in [5.41, 5.74) is 6.00. The number of ether oxygens (including phenoxy) is 1. The predicted molar refractivity (Wildman–Crippen MR) is 59.8 cm³/mol. The average molecular weight is 224 g/mol. The van der Waals surface area contributed by atoms with Crippen molar-refractivity contribution in [2.45, 2.75) is 62.8 Å². The van der Waals surface area contributed by atoms with Crippen LogP contribution in [0.2, 0.25) is 0 Å². The zero-order valence-corrected chi connectivity index (χ0v) is 9.60. The van der Waals surface area contributed by atoms with Crippen LogP contribution in [0.5, 0.6) is 0 Å². The van der Waals surface area contributed by atoms with Gasteiger partial charge in [0.1, 0.15) is 6.10 Å². The van der Waals surface area contributed by atoms with Gasteiger partial charge in [-0.05, 0) is 38.5 Å². The third kappa shape index (κ3) is 1.64. The van der Waals surface area contributed by atoms with Crippen LogP contribution in [0.4, 0.5) is 0 Å². The summed E-state index contributed by atoms with van der Waals surface area (Å²) in [5, 5.41) is 0. The molecule has 0 aromatic carbocycles. The van der Waals surface area contributed by atoms with E-state index in [0.29, 0.717) is 18.1 Å². The first-order valence-corrected chi connectivity index (χ1v) is 6.45. The molecule has 3 atom stereocenters. The minimum absolute atomic E-state index is 0.155. The molecule has 0 aromatic rings. The van der Waals surface area contributed by atoms with Crippen LogP contribution in [0.25, 0.3) is 0 Å². The van der Waals surface area contributed by atoms with E-state index in [0.717, 1.165) is 45.1 Å². The number of nitrogens with two attached hydrogens (primary N) is 1. The zero-order chi connectivity index (χ0) is 11.1. The smallest absolute Gasteiger partial charge is 0.252 e. The molecule has 3 rings (SSSR count). The minimum Gasteiger partial charge on any atom is -0.368 e. The Bertz CT molecular complexity index is 275. The highest BCUT2D eigenvalue weighted by atomic mass is 16.5. The molecule has 4 nitrogen and oxygen atoms in total. The fraction of sp³-hybridized carbons (Fsp3) is 0.917. The van der Waals surface area contributed by atoms with E-state index in [1.165, 1.54) is 0 Å². The Balaban J connectivity index is 1.72. The van der Waals surface area contributed by atoms with E-state index in [1.54, 1.807) is 0 Å². The lowest BCUT2D eigenvalue weighted by Gasteiger charge is -2.38. The highest BCUT2D eigenvalue weighted by Gasteiger charge is 2.44. The molecule has 3 saturated heterocycles. The molecular weight excluding hydrogens is 204 g/mol. The van der Waals surface area contributed by atoms with Crippen LogP contribution in [-0.2, 0) is 9.53 Å². The summed E-state index contributed by atoms with van der Waals surface area (Å²) in [6, 6.07) is 1.09. The normalized spacial score (nSPS) is 42.7. The lowest BCUT2D eigenvalue weighted by molar-refractivity contribution is -0.145. The van der Waals surface area contributed by atoms with Gasteiger partial charge in [-0.1, -0.05) is 0 Å². The Morgan fingerprint density at radius 3 is 2.44 bits per heavy atom.